The van der Waals surface area contributed by atoms with Crippen LogP contribution in [0.2, 0.25) is 15.1 Å². The van der Waals surface area contributed by atoms with Gasteiger partial charge in [-0.1, -0.05) is 53.0 Å². The number of halogens is 3. The molecule has 2 N–H and O–H groups in total. The quantitative estimate of drug-likeness (QED) is 0.540. The third-order valence-electron chi connectivity index (χ3n) is 3.34. The largest absolute Gasteiger partial charge is 0.332 e. The molecule has 0 spiro atoms. The SMILES string of the molecule is S=C(Nc1ccc(Cl)cc1)Nc1nn(Cc2ccccc2Cl)cc1Cl. The second-order valence-electron chi connectivity index (χ2n) is 5.20. The fourth-order valence-corrected chi connectivity index (χ4v) is 2.90. The minimum atomic E-state index is 0.382. The van der Waals surface area contributed by atoms with Crippen LogP contribution in [-0.2, 0) is 6.54 Å². The Hall–Kier alpha value is -1.79. The molecule has 25 heavy (non-hydrogen) atoms. The lowest BCUT2D eigenvalue weighted by atomic mass is 10.2. The summed E-state index contributed by atoms with van der Waals surface area (Å²) in [5.41, 5.74) is 1.77. The lowest BCUT2D eigenvalue weighted by Crippen LogP contribution is -2.19. The molecular formula is C17H13Cl3N4S. The van der Waals surface area contributed by atoms with Crippen LogP contribution >= 0.6 is 47.0 Å². The molecular weight excluding hydrogens is 399 g/mol. The van der Waals surface area contributed by atoms with Crippen LogP contribution in [0.3, 0.4) is 0 Å². The third kappa shape index (κ3) is 4.86. The second-order valence-corrected chi connectivity index (χ2v) is 6.86. The fourth-order valence-electron chi connectivity index (χ4n) is 2.17. The Morgan fingerprint density at radius 3 is 2.40 bits per heavy atom. The molecule has 0 fully saturated rings. The molecule has 2 aromatic carbocycles. The van der Waals surface area contributed by atoms with Gasteiger partial charge >= 0.3 is 0 Å². The van der Waals surface area contributed by atoms with Gasteiger partial charge in [-0.2, -0.15) is 5.10 Å². The number of hydrogen-bond donors (Lipinski definition) is 2. The molecule has 0 aliphatic rings. The average Bonchev–Trinajstić information content (AvgIpc) is 2.91. The van der Waals surface area contributed by atoms with Crippen LogP contribution < -0.4 is 10.6 Å². The number of nitrogens with zero attached hydrogens (tertiary/aromatic N) is 2. The Kier molecular flexibility index (Phi) is 5.81. The summed E-state index contributed by atoms with van der Waals surface area (Å²) in [6.45, 7) is 0.512. The molecule has 0 atom stereocenters. The van der Waals surface area contributed by atoms with Crippen molar-refractivity contribution in [1.29, 1.82) is 0 Å². The Balaban J connectivity index is 1.67. The van der Waals surface area contributed by atoms with Crippen molar-refractivity contribution in [3.05, 3.63) is 75.4 Å². The highest BCUT2D eigenvalue weighted by atomic mass is 35.5. The molecule has 128 valence electrons. The zero-order valence-electron chi connectivity index (χ0n) is 12.8. The van der Waals surface area contributed by atoms with Crippen LogP contribution in [0.4, 0.5) is 11.5 Å². The van der Waals surface area contributed by atoms with E-state index in [0.29, 0.717) is 32.5 Å². The summed E-state index contributed by atoms with van der Waals surface area (Å²) in [5, 5.41) is 12.6. The number of thiocarbonyl (C=S) groups is 1. The first-order valence-corrected chi connectivity index (χ1v) is 8.85. The Morgan fingerprint density at radius 1 is 0.960 bits per heavy atom. The zero-order chi connectivity index (χ0) is 17.8. The molecule has 8 heteroatoms. The molecule has 0 unspecified atom stereocenters. The van der Waals surface area contributed by atoms with Crippen molar-refractivity contribution in [2.24, 2.45) is 0 Å². The second kappa shape index (κ2) is 8.06. The van der Waals surface area contributed by atoms with Gasteiger partial charge in [0.25, 0.3) is 0 Å². The number of anilines is 2. The van der Waals surface area contributed by atoms with Crippen molar-refractivity contribution < 1.29 is 0 Å². The van der Waals surface area contributed by atoms with Gasteiger partial charge in [0, 0.05) is 21.9 Å². The first kappa shape index (κ1) is 18.0. The Labute approximate surface area is 165 Å². The highest BCUT2D eigenvalue weighted by Crippen LogP contribution is 2.22. The molecule has 0 aliphatic heterocycles. The Morgan fingerprint density at radius 2 is 1.68 bits per heavy atom. The maximum Gasteiger partial charge on any atom is 0.176 e. The summed E-state index contributed by atoms with van der Waals surface area (Å²) in [7, 11) is 0. The molecule has 1 heterocycles. The number of hydrogen-bond acceptors (Lipinski definition) is 2. The summed E-state index contributed by atoms with van der Waals surface area (Å²) >= 11 is 23.6. The predicted octanol–water partition coefficient (Wildman–Crippen LogP) is 5.70. The molecule has 0 saturated carbocycles. The topological polar surface area (TPSA) is 41.9 Å². The van der Waals surface area contributed by atoms with E-state index in [4.69, 9.17) is 47.0 Å². The first-order valence-electron chi connectivity index (χ1n) is 7.31. The highest BCUT2D eigenvalue weighted by Gasteiger charge is 2.10. The van der Waals surface area contributed by atoms with Gasteiger partial charge < -0.3 is 10.6 Å². The standard InChI is InChI=1S/C17H13Cl3N4S/c18-12-5-7-13(8-6-12)21-17(25)22-16-15(20)10-24(23-16)9-11-3-1-2-4-14(11)19/h1-8,10H,9H2,(H2,21,22,23,25). The number of benzene rings is 2. The van der Waals surface area contributed by atoms with Crippen molar-refractivity contribution in [3.8, 4) is 0 Å². The van der Waals surface area contributed by atoms with Gasteiger partial charge in [-0.15, -0.1) is 0 Å². The van der Waals surface area contributed by atoms with E-state index in [0.717, 1.165) is 11.3 Å². The van der Waals surface area contributed by atoms with Crippen molar-refractivity contribution in [1.82, 2.24) is 9.78 Å². The van der Waals surface area contributed by atoms with E-state index in [1.54, 1.807) is 23.0 Å². The summed E-state index contributed by atoms with van der Waals surface area (Å²) < 4.78 is 1.71. The van der Waals surface area contributed by atoms with Crippen LogP contribution in [0.5, 0.6) is 0 Å². The van der Waals surface area contributed by atoms with Crippen molar-refractivity contribution >= 4 is 63.6 Å². The molecule has 0 aliphatic carbocycles. The molecule has 0 bridgehead atoms. The third-order valence-corrected chi connectivity index (χ3v) is 4.44. The van der Waals surface area contributed by atoms with Gasteiger partial charge in [-0.3, -0.25) is 4.68 Å². The van der Waals surface area contributed by atoms with Crippen LogP contribution in [-0.4, -0.2) is 14.9 Å². The summed E-state index contributed by atoms with van der Waals surface area (Å²) in [6, 6.07) is 14.8. The smallest absolute Gasteiger partial charge is 0.176 e. The zero-order valence-corrected chi connectivity index (χ0v) is 15.9. The van der Waals surface area contributed by atoms with Crippen LogP contribution in [0.25, 0.3) is 0 Å². The number of nitrogens with one attached hydrogen (secondary N) is 2. The monoisotopic (exact) mass is 410 g/mol. The van der Waals surface area contributed by atoms with E-state index >= 15 is 0 Å². The summed E-state index contributed by atoms with van der Waals surface area (Å²) in [6.07, 6.45) is 1.72. The Bertz CT molecular complexity index is 893. The molecule has 1 aromatic heterocycles. The maximum absolute atomic E-state index is 6.24. The predicted molar refractivity (Wildman–Crippen MR) is 109 cm³/mol. The van der Waals surface area contributed by atoms with Crippen molar-refractivity contribution in [2.75, 3.05) is 10.6 Å². The molecule has 3 rings (SSSR count). The lowest BCUT2D eigenvalue weighted by Gasteiger charge is -2.09. The number of aromatic nitrogens is 2. The molecule has 4 nitrogen and oxygen atoms in total. The molecule has 0 amide bonds. The molecule has 0 radical (unpaired) electrons. The van der Waals surface area contributed by atoms with Gasteiger partial charge in [-0.05, 0) is 48.1 Å². The van der Waals surface area contributed by atoms with E-state index < -0.39 is 0 Å². The van der Waals surface area contributed by atoms with Crippen LogP contribution in [0, 0.1) is 0 Å². The van der Waals surface area contributed by atoms with Gasteiger partial charge in [0.1, 0.15) is 5.02 Å². The van der Waals surface area contributed by atoms with Crippen LogP contribution in [0.15, 0.2) is 54.7 Å². The van der Waals surface area contributed by atoms with Gasteiger partial charge in [0.2, 0.25) is 0 Å². The lowest BCUT2D eigenvalue weighted by molar-refractivity contribution is 0.690. The van der Waals surface area contributed by atoms with Crippen molar-refractivity contribution in [3.63, 3.8) is 0 Å². The minimum Gasteiger partial charge on any atom is -0.332 e. The summed E-state index contributed by atoms with van der Waals surface area (Å²) in [4.78, 5) is 0. The maximum atomic E-state index is 6.24. The normalized spacial score (nSPS) is 10.5. The number of rotatable bonds is 4. The van der Waals surface area contributed by atoms with E-state index in [2.05, 4.69) is 15.7 Å². The molecule has 3 aromatic rings. The highest BCUT2D eigenvalue weighted by molar-refractivity contribution is 7.80. The van der Waals surface area contributed by atoms with E-state index in [-0.39, 0.29) is 0 Å². The summed E-state index contributed by atoms with van der Waals surface area (Å²) in [5.74, 6) is 0.472. The fraction of sp³-hybridized carbons (Fsp3) is 0.0588. The van der Waals surface area contributed by atoms with Crippen LogP contribution in [0.1, 0.15) is 5.56 Å². The van der Waals surface area contributed by atoms with E-state index in [9.17, 15) is 0 Å². The van der Waals surface area contributed by atoms with Crippen molar-refractivity contribution in [2.45, 2.75) is 6.54 Å². The first-order chi connectivity index (χ1) is 12.0. The average molecular weight is 412 g/mol. The van der Waals surface area contributed by atoms with E-state index in [1.807, 2.05) is 36.4 Å². The van der Waals surface area contributed by atoms with Gasteiger partial charge in [0.15, 0.2) is 10.9 Å². The molecule has 0 saturated heterocycles. The van der Waals surface area contributed by atoms with E-state index in [1.165, 1.54) is 0 Å². The minimum absolute atomic E-state index is 0.382. The van der Waals surface area contributed by atoms with Gasteiger partial charge in [0.05, 0.1) is 6.54 Å². The van der Waals surface area contributed by atoms with Gasteiger partial charge in [-0.25, -0.2) is 0 Å².